The number of carbonyl (C=O) groups excluding carboxylic acids is 1. The van der Waals surface area contributed by atoms with E-state index in [1.807, 2.05) is 18.2 Å². The van der Waals surface area contributed by atoms with Crippen molar-refractivity contribution in [2.24, 2.45) is 5.14 Å². The molecule has 1 aromatic carbocycles. The number of nitrogens with zero attached hydrogens (tertiary/aromatic N) is 4. The average molecular weight is 505 g/mol. The van der Waals surface area contributed by atoms with Gasteiger partial charge in [-0.1, -0.05) is 32.9 Å². The predicted octanol–water partition coefficient (Wildman–Crippen LogP) is 4.45. The molecule has 9 nitrogen and oxygen atoms in total. The van der Waals surface area contributed by atoms with Crippen molar-refractivity contribution in [2.45, 2.75) is 39.2 Å². The lowest BCUT2D eigenvalue weighted by Crippen LogP contribution is -2.26. The Bertz CT molecular complexity index is 1260. The number of rotatable bonds is 8. The van der Waals surface area contributed by atoms with Crippen LogP contribution >= 0.6 is 12.1 Å². The van der Waals surface area contributed by atoms with Crippen LogP contribution in [0, 0.1) is 0 Å². The lowest BCUT2D eigenvalue weighted by molar-refractivity contribution is 0.0958. The summed E-state index contributed by atoms with van der Waals surface area (Å²) >= 11 is 1.28. The van der Waals surface area contributed by atoms with Gasteiger partial charge in [-0.15, -0.1) is 6.58 Å². The minimum atomic E-state index is -0.287. The van der Waals surface area contributed by atoms with Gasteiger partial charge in [-0.05, 0) is 41.8 Å². The number of nitrogens with two attached hydrogens (primary N) is 1. The molecule has 4 rings (SSSR count). The first-order chi connectivity index (χ1) is 17.3. The van der Waals surface area contributed by atoms with Crippen molar-refractivity contribution in [2.75, 3.05) is 23.7 Å². The molecule has 188 valence electrons. The first-order valence-electron chi connectivity index (χ1n) is 11.8. The third kappa shape index (κ3) is 6.20. The number of anilines is 4. The molecule has 0 saturated heterocycles. The van der Waals surface area contributed by atoms with Crippen LogP contribution < -0.4 is 21.1 Å². The van der Waals surface area contributed by atoms with E-state index < -0.39 is 0 Å². The van der Waals surface area contributed by atoms with Crippen LogP contribution in [0.15, 0.2) is 55.4 Å². The molecule has 5 N–H and O–H groups in total. The Kier molecular flexibility index (Phi) is 7.88. The zero-order valence-corrected chi connectivity index (χ0v) is 21.7. The fraction of sp³-hybridized carbons (Fsp3) is 0.308. The maximum Gasteiger partial charge on any atom is 0.256 e. The van der Waals surface area contributed by atoms with Gasteiger partial charge in [0, 0.05) is 66.6 Å². The van der Waals surface area contributed by atoms with Gasteiger partial charge in [-0.25, -0.2) is 9.29 Å². The smallest absolute Gasteiger partial charge is 0.256 e. The molecule has 0 atom stereocenters. The Morgan fingerprint density at radius 1 is 1.17 bits per heavy atom. The normalized spacial score (nSPS) is 13.6. The van der Waals surface area contributed by atoms with Crippen molar-refractivity contribution in [3.8, 4) is 0 Å². The number of hydrogen-bond acceptors (Lipinski definition) is 9. The van der Waals surface area contributed by atoms with Gasteiger partial charge in [0.15, 0.2) is 0 Å². The number of pyridine rings is 1. The molecule has 1 aliphatic rings. The van der Waals surface area contributed by atoms with Crippen molar-refractivity contribution >= 4 is 41.2 Å². The zero-order chi connectivity index (χ0) is 25.7. The number of carbonyl (C=O) groups is 1. The van der Waals surface area contributed by atoms with Crippen molar-refractivity contribution in [1.29, 1.82) is 0 Å². The van der Waals surface area contributed by atoms with Gasteiger partial charge < -0.3 is 16.0 Å². The summed E-state index contributed by atoms with van der Waals surface area (Å²) in [7, 11) is 0. The summed E-state index contributed by atoms with van der Waals surface area (Å²) in [5, 5.41) is 15.1. The summed E-state index contributed by atoms with van der Waals surface area (Å²) in [5.74, 6) is 0.497. The van der Waals surface area contributed by atoms with E-state index in [1.54, 1.807) is 12.3 Å². The Labute approximate surface area is 216 Å². The predicted molar refractivity (Wildman–Crippen MR) is 146 cm³/mol. The van der Waals surface area contributed by atoms with E-state index in [2.05, 4.69) is 74.7 Å². The van der Waals surface area contributed by atoms with Crippen molar-refractivity contribution in [3.05, 3.63) is 77.8 Å². The fourth-order valence-corrected chi connectivity index (χ4v) is 4.25. The molecule has 3 heterocycles. The number of amides is 1. The van der Waals surface area contributed by atoms with Gasteiger partial charge in [0.1, 0.15) is 11.4 Å². The molecule has 1 amide bonds. The molecule has 0 unspecified atom stereocenters. The summed E-state index contributed by atoms with van der Waals surface area (Å²) in [4.78, 5) is 26.3. The van der Waals surface area contributed by atoms with Crippen LogP contribution in [0.25, 0.3) is 0 Å². The quantitative estimate of drug-likeness (QED) is 0.260. The largest absolute Gasteiger partial charge is 0.348 e. The van der Waals surface area contributed by atoms with Crippen molar-refractivity contribution in [1.82, 2.24) is 24.6 Å². The summed E-state index contributed by atoms with van der Waals surface area (Å²) in [6, 6.07) is 10.0. The van der Waals surface area contributed by atoms with E-state index in [1.165, 1.54) is 29.5 Å². The minimum absolute atomic E-state index is 0.118. The molecule has 0 bridgehead atoms. The molecule has 3 aromatic rings. The highest BCUT2D eigenvalue weighted by atomic mass is 32.2. The second kappa shape index (κ2) is 11.1. The summed E-state index contributed by atoms with van der Waals surface area (Å²) in [6.45, 7) is 12.0. The molecule has 0 aliphatic carbocycles. The lowest BCUT2D eigenvalue weighted by atomic mass is 9.91. The van der Waals surface area contributed by atoms with Gasteiger partial charge in [0.2, 0.25) is 5.95 Å². The number of aromatic nitrogens is 3. The van der Waals surface area contributed by atoms with E-state index in [4.69, 9.17) is 5.14 Å². The number of nitrogens with one attached hydrogen (secondary N) is 3. The number of benzene rings is 1. The molecule has 0 saturated carbocycles. The van der Waals surface area contributed by atoms with Crippen molar-refractivity contribution in [3.63, 3.8) is 0 Å². The van der Waals surface area contributed by atoms with E-state index in [0.29, 0.717) is 23.9 Å². The Balaban J connectivity index is 1.62. The van der Waals surface area contributed by atoms with Gasteiger partial charge in [-0.2, -0.15) is 4.98 Å². The molecule has 0 spiro atoms. The van der Waals surface area contributed by atoms with Crippen LogP contribution in [0.3, 0.4) is 0 Å². The lowest BCUT2D eigenvalue weighted by Gasteiger charge is -2.26. The van der Waals surface area contributed by atoms with Gasteiger partial charge in [-0.3, -0.25) is 14.9 Å². The Morgan fingerprint density at radius 3 is 2.72 bits per heavy atom. The van der Waals surface area contributed by atoms with Gasteiger partial charge in [0.25, 0.3) is 5.91 Å². The van der Waals surface area contributed by atoms with Crippen LogP contribution in [0.4, 0.5) is 23.1 Å². The Morgan fingerprint density at radius 2 is 1.97 bits per heavy atom. The third-order valence-corrected chi connectivity index (χ3v) is 6.43. The molecule has 2 aromatic heterocycles. The second-order valence-electron chi connectivity index (χ2n) is 9.59. The topological polar surface area (TPSA) is 121 Å². The molecule has 0 radical (unpaired) electrons. The highest BCUT2D eigenvalue weighted by Crippen LogP contribution is 2.28. The third-order valence-electron chi connectivity index (χ3n) is 5.82. The van der Waals surface area contributed by atoms with Crippen LogP contribution in [0.1, 0.15) is 48.0 Å². The molecule has 10 heteroatoms. The van der Waals surface area contributed by atoms with E-state index in [0.717, 1.165) is 36.6 Å². The summed E-state index contributed by atoms with van der Waals surface area (Å²) < 4.78 is 2.14. The molecule has 1 aliphatic heterocycles. The molecule has 0 fully saturated rings. The van der Waals surface area contributed by atoms with Gasteiger partial charge >= 0.3 is 0 Å². The second-order valence-corrected chi connectivity index (χ2v) is 10.3. The van der Waals surface area contributed by atoms with Crippen LogP contribution in [-0.4, -0.2) is 38.3 Å². The van der Waals surface area contributed by atoms with Crippen LogP contribution in [-0.2, 0) is 18.4 Å². The fourth-order valence-electron chi connectivity index (χ4n) is 3.84. The molecule has 36 heavy (non-hydrogen) atoms. The standard InChI is InChI=1S/C26H32N8OS/c1-5-10-29-24(35)21-15-30-25(32-19-7-6-18-16-34(36-27)12-9-17(18)13-19)33-23(21)31-20-8-11-28-22(14-20)26(2,3)4/h5-8,11,13-15H,1,9-10,12,16,27H2,2-4H3,(H,29,35)(H2,28,30,31,32,33). The monoisotopic (exact) mass is 504 g/mol. The zero-order valence-electron chi connectivity index (χ0n) is 20.8. The maximum absolute atomic E-state index is 12.8. The van der Waals surface area contributed by atoms with Crippen LogP contribution in [0.5, 0.6) is 0 Å². The van der Waals surface area contributed by atoms with E-state index in [9.17, 15) is 4.79 Å². The number of fused-ring (bicyclic) bond motifs is 1. The highest BCUT2D eigenvalue weighted by molar-refractivity contribution is 7.94. The minimum Gasteiger partial charge on any atom is -0.348 e. The van der Waals surface area contributed by atoms with Crippen molar-refractivity contribution < 1.29 is 4.79 Å². The first-order valence-corrected chi connectivity index (χ1v) is 12.6. The van der Waals surface area contributed by atoms with Gasteiger partial charge in [0.05, 0.1) is 0 Å². The maximum atomic E-state index is 12.8. The number of hydrogen-bond donors (Lipinski definition) is 4. The van der Waals surface area contributed by atoms with E-state index >= 15 is 0 Å². The average Bonchev–Trinajstić information content (AvgIpc) is 2.87. The molecular formula is C26H32N8OS. The van der Waals surface area contributed by atoms with E-state index in [-0.39, 0.29) is 11.3 Å². The molecular weight excluding hydrogens is 472 g/mol. The SMILES string of the molecule is C=CCNC(=O)c1cnc(Nc2ccc3c(c2)CCN(SN)C3)nc1Nc1ccnc(C(C)(C)C)c1. The van der Waals surface area contributed by atoms with Crippen LogP contribution in [0.2, 0.25) is 0 Å². The Hall–Kier alpha value is -3.47. The first kappa shape index (κ1) is 25.6. The summed E-state index contributed by atoms with van der Waals surface area (Å²) in [5.41, 5.74) is 5.35. The summed E-state index contributed by atoms with van der Waals surface area (Å²) in [6.07, 6.45) is 5.82. The highest BCUT2D eigenvalue weighted by Gasteiger charge is 2.19.